The van der Waals surface area contributed by atoms with Gasteiger partial charge in [0.1, 0.15) is 0 Å². The zero-order valence-electron chi connectivity index (χ0n) is 12.9. The highest BCUT2D eigenvalue weighted by Gasteiger charge is 2.16. The zero-order chi connectivity index (χ0) is 14.9. The van der Waals surface area contributed by atoms with Crippen molar-refractivity contribution in [1.29, 1.82) is 0 Å². The van der Waals surface area contributed by atoms with Crippen LogP contribution in [0.2, 0.25) is 0 Å². The molecule has 4 heteroatoms. The first-order chi connectivity index (χ1) is 10.3. The minimum Gasteiger partial charge on any atom is -0.353 e. The van der Waals surface area contributed by atoms with Crippen molar-refractivity contribution in [1.82, 2.24) is 10.6 Å². The zero-order valence-corrected chi connectivity index (χ0v) is 13.7. The summed E-state index contributed by atoms with van der Waals surface area (Å²) in [5.41, 5.74) is 1.28. The van der Waals surface area contributed by atoms with E-state index < -0.39 is 0 Å². The molecule has 0 bridgehead atoms. The average Bonchev–Trinajstić information content (AvgIpc) is 2.99. The van der Waals surface area contributed by atoms with Gasteiger partial charge in [-0.2, -0.15) is 0 Å². The van der Waals surface area contributed by atoms with Crippen molar-refractivity contribution in [3.63, 3.8) is 0 Å². The third-order valence-electron chi connectivity index (χ3n) is 3.74. The molecular formula is C17H26N2OS. The second-order valence-corrected chi connectivity index (χ2v) is 6.71. The third-order valence-corrected chi connectivity index (χ3v) is 4.74. The molecular weight excluding hydrogens is 280 g/mol. The Morgan fingerprint density at radius 1 is 1.33 bits per heavy atom. The van der Waals surface area contributed by atoms with Crippen LogP contribution in [-0.2, 0) is 11.3 Å². The van der Waals surface area contributed by atoms with Gasteiger partial charge in [-0.25, -0.2) is 0 Å². The number of hydrogen-bond acceptors (Lipinski definition) is 3. The van der Waals surface area contributed by atoms with Crippen LogP contribution in [0.25, 0.3) is 0 Å². The summed E-state index contributed by atoms with van der Waals surface area (Å²) in [7, 11) is 0. The lowest BCUT2D eigenvalue weighted by Gasteiger charge is -2.11. The molecule has 21 heavy (non-hydrogen) atoms. The second-order valence-electron chi connectivity index (χ2n) is 5.66. The molecule has 0 unspecified atom stereocenters. The van der Waals surface area contributed by atoms with E-state index in [4.69, 9.17) is 0 Å². The van der Waals surface area contributed by atoms with Crippen LogP contribution in [-0.4, -0.2) is 24.2 Å². The van der Waals surface area contributed by atoms with Gasteiger partial charge >= 0.3 is 0 Å². The fourth-order valence-electron chi connectivity index (χ4n) is 2.64. The Kier molecular flexibility index (Phi) is 7.10. The quantitative estimate of drug-likeness (QED) is 0.572. The van der Waals surface area contributed by atoms with Crippen molar-refractivity contribution < 1.29 is 4.79 Å². The van der Waals surface area contributed by atoms with Gasteiger partial charge in [0.05, 0.1) is 5.75 Å². The van der Waals surface area contributed by atoms with E-state index in [1.54, 1.807) is 11.8 Å². The third kappa shape index (κ3) is 6.10. The van der Waals surface area contributed by atoms with Crippen LogP contribution in [0, 0.1) is 0 Å². The SMILES string of the molecule is CCCNCc1cccc(SCC(=O)NC2CCCC2)c1. The summed E-state index contributed by atoms with van der Waals surface area (Å²) in [6.45, 7) is 4.11. The van der Waals surface area contributed by atoms with Crippen molar-refractivity contribution in [2.75, 3.05) is 12.3 Å². The number of thioether (sulfide) groups is 1. The smallest absolute Gasteiger partial charge is 0.230 e. The topological polar surface area (TPSA) is 41.1 Å². The Balaban J connectivity index is 1.74. The summed E-state index contributed by atoms with van der Waals surface area (Å²) < 4.78 is 0. The van der Waals surface area contributed by atoms with Gasteiger partial charge in [0.25, 0.3) is 0 Å². The summed E-state index contributed by atoms with van der Waals surface area (Å²) in [6.07, 6.45) is 5.95. The number of carbonyl (C=O) groups is 1. The highest BCUT2D eigenvalue weighted by molar-refractivity contribution is 8.00. The van der Waals surface area contributed by atoms with Crippen molar-refractivity contribution in [2.45, 2.75) is 56.5 Å². The molecule has 1 aliphatic carbocycles. The van der Waals surface area contributed by atoms with E-state index in [1.807, 2.05) is 0 Å². The summed E-state index contributed by atoms with van der Waals surface area (Å²) in [5.74, 6) is 0.684. The molecule has 116 valence electrons. The Bertz CT molecular complexity index is 444. The molecule has 2 rings (SSSR count). The molecule has 1 saturated carbocycles. The number of nitrogens with one attached hydrogen (secondary N) is 2. The number of rotatable bonds is 8. The standard InChI is InChI=1S/C17H26N2OS/c1-2-10-18-12-14-6-5-9-16(11-14)21-13-17(20)19-15-7-3-4-8-15/h5-6,9,11,15,18H,2-4,7-8,10,12-13H2,1H3,(H,19,20). The molecule has 1 aromatic carbocycles. The Morgan fingerprint density at radius 2 is 2.14 bits per heavy atom. The summed E-state index contributed by atoms with van der Waals surface area (Å²) in [5, 5.41) is 6.54. The van der Waals surface area contributed by atoms with Crippen LogP contribution in [0.15, 0.2) is 29.2 Å². The Hall–Kier alpha value is -1.00. The highest BCUT2D eigenvalue weighted by Crippen LogP contribution is 2.20. The summed E-state index contributed by atoms with van der Waals surface area (Å²) >= 11 is 1.63. The molecule has 1 aromatic rings. The molecule has 0 aliphatic heterocycles. The van der Waals surface area contributed by atoms with Gasteiger partial charge in [-0.3, -0.25) is 4.79 Å². The maximum atomic E-state index is 11.9. The monoisotopic (exact) mass is 306 g/mol. The van der Waals surface area contributed by atoms with Gasteiger partial charge in [-0.05, 0) is 43.5 Å². The minimum absolute atomic E-state index is 0.168. The molecule has 0 saturated heterocycles. The fourth-order valence-corrected chi connectivity index (χ4v) is 3.43. The first-order valence-corrected chi connectivity index (χ1v) is 8.98. The Morgan fingerprint density at radius 3 is 2.90 bits per heavy atom. The van der Waals surface area contributed by atoms with Crippen LogP contribution in [0.1, 0.15) is 44.6 Å². The normalized spacial score (nSPS) is 15.3. The molecule has 0 atom stereocenters. The second kappa shape index (κ2) is 9.11. The first kappa shape index (κ1) is 16.4. The fraction of sp³-hybridized carbons (Fsp3) is 0.588. The predicted molar refractivity (Wildman–Crippen MR) is 89.6 cm³/mol. The number of hydrogen-bond donors (Lipinski definition) is 2. The molecule has 1 amide bonds. The van der Waals surface area contributed by atoms with Gasteiger partial charge in [0, 0.05) is 17.5 Å². The van der Waals surface area contributed by atoms with Crippen molar-refractivity contribution in [2.24, 2.45) is 0 Å². The van der Waals surface area contributed by atoms with E-state index in [1.165, 1.54) is 23.3 Å². The van der Waals surface area contributed by atoms with E-state index in [2.05, 4.69) is 41.8 Å². The van der Waals surface area contributed by atoms with Gasteiger partial charge in [-0.1, -0.05) is 31.9 Å². The number of benzene rings is 1. The van der Waals surface area contributed by atoms with Crippen molar-refractivity contribution >= 4 is 17.7 Å². The lowest BCUT2D eigenvalue weighted by Crippen LogP contribution is -2.33. The molecule has 3 nitrogen and oxygen atoms in total. The lowest BCUT2D eigenvalue weighted by molar-refractivity contribution is -0.119. The lowest BCUT2D eigenvalue weighted by atomic mass is 10.2. The summed E-state index contributed by atoms with van der Waals surface area (Å²) in [6, 6.07) is 8.88. The maximum absolute atomic E-state index is 11.9. The maximum Gasteiger partial charge on any atom is 0.230 e. The van der Waals surface area contributed by atoms with E-state index >= 15 is 0 Å². The Labute approximate surface area is 132 Å². The molecule has 1 aliphatic rings. The van der Waals surface area contributed by atoms with Gasteiger partial charge in [0.15, 0.2) is 0 Å². The van der Waals surface area contributed by atoms with E-state index in [9.17, 15) is 4.79 Å². The van der Waals surface area contributed by atoms with Crippen molar-refractivity contribution in [3.8, 4) is 0 Å². The predicted octanol–water partition coefficient (Wildman–Crippen LogP) is 3.34. The largest absolute Gasteiger partial charge is 0.353 e. The molecule has 1 fully saturated rings. The van der Waals surface area contributed by atoms with Crippen LogP contribution < -0.4 is 10.6 Å². The van der Waals surface area contributed by atoms with E-state index in [-0.39, 0.29) is 5.91 Å². The van der Waals surface area contributed by atoms with E-state index in [0.29, 0.717) is 11.8 Å². The van der Waals surface area contributed by atoms with Gasteiger partial charge < -0.3 is 10.6 Å². The average molecular weight is 306 g/mol. The molecule has 2 N–H and O–H groups in total. The van der Waals surface area contributed by atoms with Gasteiger partial charge in [-0.15, -0.1) is 11.8 Å². The van der Waals surface area contributed by atoms with Crippen molar-refractivity contribution in [3.05, 3.63) is 29.8 Å². The van der Waals surface area contributed by atoms with Crippen LogP contribution in [0.3, 0.4) is 0 Å². The van der Waals surface area contributed by atoms with Crippen LogP contribution in [0.4, 0.5) is 0 Å². The number of carbonyl (C=O) groups excluding carboxylic acids is 1. The molecule has 0 spiro atoms. The van der Waals surface area contributed by atoms with E-state index in [0.717, 1.165) is 32.4 Å². The first-order valence-electron chi connectivity index (χ1n) is 7.99. The van der Waals surface area contributed by atoms with Crippen LogP contribution in [0.5, 0.6) is 0 Å². The van der Waals surface area contributed by atoms with Gasteiger partial charge in [0.2, 0.25) is 5.91 Å². The molecule has 0 heterocycles. The minimum atomic E-state index is 0.168. The van der Waals surface area contributed by atoms with Crippen LogP contribution >= 0.6 is 11.8 Å². The number of amides is 1. The summed E-state index contributed by atoms with van der Waals surface area (Å²) in [4.78, 5) is 13.1. The highest BCUT2D eigenvalue weighted by atomic mass is 32.2. The molecule has 0 radical (unpaired) electrons. The molecule has 0 aromatic heterocycles.